The number of aromatic carboxylic acids is 1. The average Bonchev–Trinajstić information content (AvgIpc) is 2.44. The highest BCUT2D eigenvalue weighted by Gasteiger charge is 2.11. The number of phenolic OH excluding ortho intramolecular Hbond substituents is 1. The summed E-state index contributed by atoms with van der Waals surface area (Å²) in [7, 11) is 0. The second-order valence-electron chi connectivity index (χ2n) is 4.00. The minimum Gasteiger partial charge on any atom is -0.508 e. The van der Waals surface area contributed by atoms with Gasteiger partial charge in [0.2, 0.25) is 0 Å². The number of phenols is 1. The summed E-state index contributed by atoms with van der Waals surface area (Å²) in [5.74, 6) is -0.322. The van der Waals surface area contributed by atoms with E-state index in [9.17, 15) is 9.90 Å². The van der Waals surface area contributed by atoms with Crippen LogP contribution in [0, 0.1) is 0 Å². The number of ether oxygens (including phenoxy) is 2. The Morgan fingerprint density at radius 1 is 1.00 bits per heavy atom. The molecule has 2 aromatic rings. The highest BCUT2D eigenvalue weighted by atomic mass is 16.5. The zero-order chi connectivity index (χ0) is 14.4. The predicted molar refractivity (Wildman–Crippen MR) is 72.5 cm³/mol. The molecule has 0 heterocycles. The van der Waals surface area contributed by atoms with Crippen molar-refractivity contribution < 1.29 is 24.5 Å². The van der Waals surface area contributed by atoms with Crippen LogP contribution in [0.15, 0.2) is 48.5 Å². The number of carboxylic acid groups (broad SMARTS) is 1. The molecule has 0 bridgehead atoms. The fourth-order valence-corrected chi connectivity index (χ4v) is 1.63. The van der Waals surface area contributed by atoms with Crippen LogP contribution in [0.4, 0.5) is 0 Å². The van der Waals surface area contributed by atoms with Crippen molar-refractivity contribution in [2.45, 2.75) is 0 Å². The number of benzene rings is 2. The van der Waals surface area contributed by atoms with E-state index in [0.717, 1.165) is 0 Å². The molecule has 2 aromatic carbocycles. The Morgan fingerprint density at radius 2 is 1.70 bits per heavy atom. The molecule has 5 heteroatoms. The molecule has 0 spiro atoms. The first-order valence-corrected chi connectivity index (χ1v) is 6.04. The molecule has 0 atom stereocenters. The fourth-order valence-electron chi connectivity index (χ4n) is 1.63. The number of aromatic hydroxyl groups is 1. The second-order valence-corrected chi connectivity index (χ2v) is 4.00. The van der Waals surface area contributed by atoms with E-state index in [1.54, 1.807) is 0 Å². The van der Waals surface area contributed by atoms with Crippen LogP contribution in [0.1, 0.15) is 10.4 Å². The molecule has 0 saturated carbocycles. The summed E-state index contributed by atoms with van der Waals surface area (Å²) in [5.41, 5.74) is 0.00233. The summed E-state index contributed by atoms with van der Waals surface area (Å²) in [4.78, 5) is 11.0. The van der Waals surface area contributed by atoms with Gasteiger partial charge in [-0.3, -0.25) is 0 Å². The molecular weight excluding hydrogens is 260 g/mol. The first-order valence-electron chi connectivity index (χ1n) is 6.04. The van der Waals surface area contributed by atoms with Gasteiger partial charge in [0.15, 0.2) is 0 Å². The van der Waals surface area contributed by atoms with Gasteiger partial charge >= 0.3 is 5.97 Å². The normalized spacial score (nSPS) is 10.0. The molecule has 0 aliphatic rings. The van der Waals surface area contributed by atoms with Crippen molar-refractivity contribution in [2.75, 3.05) is 13.2 Å². The lowest BCUT2D eigenvalue weighted by Gasteiger charge is -2.10. The van der Waals surface area contributed by atoms with Gasteiger partial charge in [0.25, 0.3) is 0 Å². The molecule has 104 valence electrons. The number of carbonyl (C=O) groups is 1. The fraction of sp³-hybridized carbons (Fsp3) is 0.133. The molecular formula is C15H14O5. The molecule has 0 amide bonds. The van der Waals surface area contributed by atoms with E-state index < -0.39 is 5.97 Å². The van der Waals surface area contributed by atoms with Crippen LogP contribution in [-0.4, -0.2) is 29.4 Å². The maximum Gasteiger partial charge on any atom is 0.339 e. The van der Waals surface area contributed by atoms with E-state index in [1.807, 2.05) is 30.3 Å². The highest BCUT2D eigenvalue weighted by Crippen LogP contribution is 2.24. The van der Waals surface area contributed by atoms with Crippen LogP contribution in [-0.2, 0) is 0 Å². The summed E-state index contributed by atoms with van der Waals surface area (Å²) in [6.07, 6.45) is 0. The first kappa shape index (κ1) is 13.7. The Morgan fingerprint density at radius 3 is 2.40 bits per heavy atom. The molecule has 2 N–H and O–H groups in total. The number of para-hydroxylation sites is 1. The van der Waals surface area contributed by atoms with Crippen molar-refractivity contribution in [1.82, 2.24) is 0 Å². The van der Waals surface area contributed by atoms with Gasteiger partial charge in [-0.1, -0.05) is 18.2 Å². The van der Waals surface area contributed by atoms with Gasteiger partial charge in [-0.2, -0.15) is 0 Å². The molecule has 0 aliphatic carbocycles. The van der Waals surface area contributed by atoms with E-state index in [2.05, 4.69) is 0 Å². The summed E-state index contributed by atoms with van der Waals surface area (Å²) in [6.45, 7) is 0.456. The van der Waals surface area contributed by atoms with Gasteiger partial charge in [0, 0.05) is 6.07 Å². The van der Waals surface area contributed by atoms with Crippen molar-refractivity contribution >= 4 is 5.97 Å². The largest absolute Gasteiger partial charge is 0.508 e. The third kappa shape index (κ3) is 3.65. The van der Waals surface area contributed by atoms with Gasteiger partial charge in [-0.15, -0.1) is 0 Å². The van der Waals surface area contributed by atoms with E-state index in [4.69, 9.17) is 14.6 Å². The van der Waals surface area contributed by atoms with Gasteiger partial charge in [0.1, 0.15) is 36.0 Å². The zero-order valence-corrected chi connectivity index (χ0v) is 10.7. The van der Waals surface area contributed by atoms with Crippen LogP contribution in [0.2, 0.25) is 0 Å². The quantitative estimate of drug-likeness (QED) is 0.792. The Hall–Kier alpha value is -2.69. The van der Waals surface area contributed by atoms with Crippen molar-refractivity contribution in [2.24, 2.45) is 0 Å². The van der Waals surface area contributed by atoms with Crippen LogP contribution < -0.4 is 9.47 Å². The standard InChI is InChI=1S/C15H14O5/c16-11-6-7-13(15(17)18)14(10-11)20-9-8-19-12-4-2-1-3-5-12/h1-7,10,16H,8-9H2,(H,17,18). The molecule has 0 aromatic heterocycles. The van der Waals surface area contributed by atoms with Crippen LogP contribution in [0.3, 0.4) is 0 Å². The second kappa shape index (κ2) is 6.47. The van der Waals surface area contributed by atoms with Crippen LogP contribution in [0.25, 0.3) is 0 Å². The molecule has 0 aliphatic heterocycles. The molecule has 0 saturated heterocycles. The van der Waals surface area contributed by atoms with E-state index in [0.29, 0.717) is 5.75 Å². The Bertz CT molecular complexity index is 580. The number of hydrogen-bond acceptors (Lipinski definition) is 4. The molecule has 0 unspecified atom stereocenters. The topological polar surface area (TPSA) is 76.0 Å². The third-order valence-corrected chi connectivity index (χ3v) is 2.55. The van der Waals surface area contributed by atoms with E-state index in [-0.39, 0.29) is 30.3 Å². The number of hydrogen-bond donors (Lipinski definition) is 2. The lowest BCUT2D eigenvalue weighted by atomic mass is 10.2. The van der Waals surface area contributed by atoms with Gasteiger partial charge in [-0.05, 0) is 24.3 Å². The molecule has 0 fully saturated rings. The van der Waals surface area contributed by atoms with Crippen LogP contribution in [0.5, 0.6) is 17.2 Å². The van der Waals surface area contributed by atoms with Gasteiger partial charge < -0.3 is 19.7 Å². The average molecular weight is 274 g/mol. The van der Waals surface area contributed by atoms with Crippen molar-refractivity contribution in [1.29, 1.82) is 0 Å². The zero-order valence-electron chi connectivity index (χ0n) is 10.7. The first-order chi connectivity index (χ1) is 9.66. The maximum absolute atomic E-state index is 11.0. The Kier molecular flexibility index (Phi) is 4.44. The summed E-state index contributed by atoms with van der Waals surface area (Å²) in [6, 6.07) is 13.1. The van der Waals surface area contributed by atoms with E-state index >= 15 is 0 Å². The summed E-state index contributed by atoms with van der Waals surface area (Å²) in [5, 5.41) is 18.3. The van der Waals surface area contributed by atoms with E-state index in [1.165, 1.54) is 18.2 Å². The maximum atomic E-state index is 11.0. The number of carboxylic acids is 1. The molecule has 0 radical (unpaired) electrons. The minimum absolute atomic E-state index is 0.00233. The lowest BCUT2D eigenvalue weighted by molar-refractivity contribution is 0.0691. The summed E-state index contributed by atoms with van der Waals surface area (Å²) >= 11 is 0. The Labute approximate surface area is 116 Å². The molecule has 2 rings (SSSR count). The van der Waals surface area contributed by atoms with Gasteiger partial charge in [-0.25, -0.2) is 4.79 Å². The predicted octanol–water partition coefficient (Wildman–Crippen LogP) is 2.55. The van der Waals surface area contributed by atoms with Crippen molar-refractivity contribution in [3.8, 4) is 17.2 Å². The lowest BCUT2D eigenvalue weighted by Crippen LogP contribution is -2.11. The van der Waals surface area contributed by atoms with Crippen molar-refractivity contribution in [3.05, 3.63) is 54.1 Å². The number of rotatable bonds is 6. The SMILES string of the molecule is O=C(O)c1ccc(O)cc1OCCOc1ccccc1. The highest BCUT2D eigenvalue weighted by molar-refractivity contribution is 5.91. The third-order valence-electron chi connectivity index (χ3n) is 2.55. The summed E-state index contributed by atoms with van der Waals surface area (Å²) < 4.78 is 10.8. The van der Waals surface area contributed by atoms with Gasteiger partial charge in [0.05, 0.1) is 0 Å². The smallest absolute Gasteiger partial charge is 0.339 e. The Balaban J connectivity index is 1.91. The van der Waals surface area contributed by atoms with Crippen molar-refractivity contribution in [3.63, 3.8) is 0 Å². The molecule has 20 heavy (non-hydrogen) atoms. The monoisotopic (exact) mass is 274 g/mol. The minimum atomic E-state index is -1.11. The molecule has 5 nitrogen and oxygen atoms in total. The van der Waals surface area contributed by atoms with Crippen LogP contribution >= 0.6 is 0 Å².